The van der Waals surface area contributed by atoms with Crippen molar-refractivity contribution in [2.75, 3.05) is 32.1 Å². The molecule has 0 bridgehead atoms. The summed E-state index contributed by atoms with van der Waals surface area (Å²) in [4.78, 5) is 14.0. The molecule has 16 heavy (non-hydrogen) atoms. The zero-order valence-electron chi connectivity index (χ0n) is 9.76. The van der Waals surface area contributed by atoms with Crippen LogP contribution in [0.3, 0.4) is 0 Å². The van der Waals surface area contributed by atoms with Crippen LogP contribution in [0, 0.1) is 0 Å². The molecule has 0 aromatic heterocycles. The Morgan fingerprint density at radius 1 is 1.19 bits per heavy atom. The molecule has 88 valence electrons. The summed E-state index contributed by atoms with van der Waals surface area (Å²) in [6.45, 7) is 1.41. The molecule has 1 aromatic rings. The molecular formula is C12H18N2O2. The van der Waals surface area contributed by atoms with Crippen LogP contribution in [-0.4, -0.2) is 43.3 Å². The molecule has 4 nitrogen and oxygen atoms in total. The Kier molecular flexibility index (Phi) is 4.64. The normalized spacial score (nSPS) is 9.88. The van der Waals surface area contributed by atoms with Gasteiger partial charge in [-0.25, -0.2) is 4.79 Å². The van der Waals surface area contributed by atoms with Gasteiger partial charge in [-0.15, -0.1) is 0 Å². The molecule has 0 aliphatic carbocycles. The molecule has 1 rings (SSSR count). The first kappa shape index (κ1) is 12.4. The van der Waals surface area contributed by atoms with Gasteiger partial charge >= 0.3 is 6.09 Å². The van der Waals surface area contributed by atoms with Gasteiger partial charge in [0.15, 0.2) is 0 Å². The van der Waals surface area contributed by atoms with Gasteiger partial charge in [0.25, 0.3) is 0 Å². The molecule has 0 spiro atoms. The smallest absolute Gasteiger partial charge is 0.407 e. The summed E-state index contributed by atoms with van der Waals surface area (Å²) in [5.41, 5.74) is 1.15. The van der Waals surface area contributed by atoms with E-state index < -0.39 is 6.09 Å². The fraction of sp³-hybridized carbons (Fsp3) is 0.417. The Hall–Kier alpha value is -1.71. The highest BCUT2D eigenvalue weighted by atomic mass is 16.4. The van der Waals surface area contributed by atoms with Crippen LogP contribution in [0.1, 0.15) is 6.42 Å². The van der Waals surface area contributed by atoms with Crippen LogP contribution in [0.5, 0.6) is 0 Å². The van der Waals surface area contributed by atoms with Gasteiger partial charge in [0.05, 0.1) is 0 Å². The van der Waals surface area contributed by atoms with Gasteiger partial charge in [0.1, 0.15) is 0 Å². The van der Waals surface area contributed by atoms with E-state index in [2.05, 4.69) is 4.90 Å². The number of carboxylic acid groups (broad SMARTS) is 1. The summed E-state index contributed by atoms with van der Waals surface area (Å²) in [5, 5.41) is 8.68. The summed E-state index contributed by atoms with van der Waals surface area (Å²) in [6.07, 6.45) is -0.0452. The van der Waals surface area contributed by atoms with E-state index in [-0.39, 0.29) is 0 Å². The lowest BCUT2D eigenvalue weighted by atomic mass is 10.3. The second-order valence-corrected chi connectivity index (χ2v) is 3.81. The van der Waals surface area contributed by atoms with Gasteiger partial charge in [-0.2, -0.15) is 0 Å². The van der Waals surface area contributed by atoms with Gasteiger partial charge in [-0.05, 0) is 18.6 Å². The first-order valence-corrected chi connectivity index (χ1v) is 5.31. The number of para-hydroxylation sites is 1. The third-order valence-corrected chi connectivity index (χ3v) is 2.51. The van der Waals surface area contributed by atoms with Crippen LogP contribution >= 0.6 is 0 Å². The molecule has 1 amide bonds. The number of hydrogen-bond acceptors (Lipinski definition) is 2. The predicted molar refractivity (Wildman–Crippen MR) is 65.0 cm³/mol. The van der Waals surface area contributed by atoms with Crippen LogP contribution in [0.15, 0.2) is 30.3 Å². The predicted octanol–water partition coefficient (Wildman–Crippen LogP) is 2.12. The van der Waals surface area contributed by atoms with E-state index in [0.717, 1.165) is 18.7 Å². The molecule has 0 unspecified atom stereocenters. The van der Waals surface area contributed by atoms with E-state index in [9.17, 15) is 4.79 Å². The minimum absolute atomic E-state index is 0.562. The molecule has 0 aliphatic rings. The Bertz CT molecular complexity index is 327. The van der Waals surface area contributed by atoms with Gasteiger partial charge in [0.2, 0.25) is 0 Å². The van der Waals surface area contributed by atoms with Crippen LogP contribution < -0.4 is 4.90 Å². The minimum Gasteiger partial charge on any atom is -0.465 e. The average Bonchev–Trinajstić information content (AvgIpc) is 2.29. The highest BCUT2D eigenvalue weighted by Gasteiger charge is 2.05. The number of amides is 1. The first-order chi connectivity index (χ1) is 7.61. The van der Waals surface area contributed by atoms with Gasteiger partial charge in [-0.3, -0.25) is 0 Å². The third kappa shape index (κ3) is 3.81. The zero-order chi connectivity index (χ0) is 12.0. The van der Waals surface area contributed by atoms with Crippen molar-refractivity contribution in [3.05, 3.63) is 30.3 Å². The molecule has 0 fully saturated rings. The van der Waals surface area contributed by atoms with Crippen molar-refractivity contribution in [1.29, 1.82) is 0 Å². The number of benzene rings is 1. The fourth-order valence-electron chi connectivity index (χ4n) is 1.45. The van der Waals surface area contributed by atoms with Crippen molar-refractivity contribution < 1.29 is 9.90 Å². The molecule has 0 heterocycles. The second-order valence-electron chi connectivity index (χ2n) is 3.81. The maximum atomic E-state index is 10.6. The van der Waals surface area contributed by atoms with E-state index in [4.69, 9.17) is 5.11 Å². The highest BCUT2D eigenvalue weighted by Crippen LogP contribution is 2.10. The fourth-order valence-corrected chi connectivity index (χ4v) is 1.45. The zero-order valence-corrected chi connectivity index (χ0v) is 9.76. The number of carbonyl (C=O) groups is 1. The molecule has 4 heteroatoms. The lowest BCUT2D eigenvalue weighted by Crippen LogP contribution is -2.29. The van der Waals surface area contributed by atoms with Crippen molar-refractivity contribution in [2.24, 2.45) is 0 Å². The molecule has 0 saturated carbocycles. The number of hydrogen-bond donors (Lipinski definition) is 1. The van der Waals surface area contributed by atoms with Gasteiger partial charge in [0, 0.05) is 32.9 Å². The molecule has 0 radical (unpaired) electrons. The van der Waals surface area contributed by atoms with Crippen LogP contribution in [0.25, 0.3) is 0 Å². The maximum Gasteiger partial charge on any atom is 0.407 e. The highest BCUT2D eigenvalue weighted by molar-refractivity contribution is 5.64. The SMILES string of the molecule is CN(CCCN(C)c1ccccc1)C(=O)O. The van der Waals surface area contributed by atoms with Crippen LogP contribution in [0.2, 0.25) is 0 Å². The number of rotatable bonds is 5. The lowest BCUT2D eigenvalue weighted by molar-refractivity contribution is 0.155. The summed E-state index contributed by atoms with van der Waals surface area (Å²) >= 11 is 0. The Balaban J connectivity index is 2.31. The standard InChI is InChI=1S/C12H18N2O2/c1-13(11-7-4-3-5-8-11)9-6-10-14(2)12(15)16/h3-5,7-8H,6,9-10H2,1-2H3,(H,15,16). The van der Waals surface area contributed by atoms with Crippen molar-refractivity contribution in [3.8, 4) is 0 Å². The molecule has 0 saturated heterocycles. The summed E-state index contributed by atoms with van der Waals surface area (Å²) < 4.78 is 0. The van der Waals surface area contributed by atoms with E-state index in [1.54, 1.807) is 7.05 Å². The molecule has 0 aliphatic heterocycles. The van der Waals surface area contributed by atoms with Crippen molar-refractivity contribution in [2.45, 2.75) is 6.42 Å². The average molecular weight is 222 g/mol. The third-order valence-electron chi connectivity index (χ3n) is 2.51. The van der Waals surface area contributed by atoms with E-state index in [1.807, 2.05) is 37.4 Å². The Labute approximate surface area is 96.1 Å². The second kappa shape index (κ2) is 6.00. The Morgan fingerprint density at radius 2 is 1.81 bits per heavy atom. The molecule has 1 N–H and O–H groups in total. The quantitative estimate of drug-likeness (QED) is 0.830. The number of nitrogens with zero attached hydrogens (tertiary/aromatic N) is 2. The molecule has 1 aromatic carbocycles. The number of anilines is 1. The summed E-state index contributed by atoms with van der Waals surface area (Å²) in [7, 11) is 3.60. The Morgan fingerprint density at radius 3 is 2.38 bits per heavy atom. The lowest BCUT2D eigenvalue weighted by Gasteiger charge is -2.20. The summed E-state index contributed by atoms with van der Waals surface area (Å²) in [5.74, 6) is 0. The van der Waals surface area contributed by atoms with Crippen molar-refractivity contribution in [1.82, 2.24) is 4.90 Å². The topological polar surface area (TPSA) is 43.8 Å². The molecule has 0 atom stereocenters. The van der Waals surface area contributed by atoms with Crippen molar-refractivity contribution >= 4 is 11.8 Å². The van der Waals surface area contributed by atoms with E-state index in [0.29, 0.717) is 6.54 Å². The van der Waals surface area contributed by atoms with Gasteiger partial charge < -0.3 is 14.9 Å². The molecular weight excluding hydrogens is 204 g/mol. The first-order valence-electron chi connectivity index (χ1n) is 5.31. The van der Waals surface area contributed by atoms with Gasteiger partial charge in [-0.1, -0.05) is 18.2 Å². The largest absolute Gasteiger partial charge is 0.465 e. The van der Waals surface area contributed by atoms with E-state index >= 15 is 0 Å². The van der Waals surface area contributed by atoms with Crippen LogP contribution in [-0.2, 0) is 0 Å². The monoisotopic (exact) mass is 222 g/mol. The maximum absolute atomic E-state index is 10.6. The van der Waals surface area contributed by atoms with Crippen LogP contribution in [0.4, 0.5) is 10.5 Å². The van der Waals surface area contributed by atoms with Crippen molar-refractivity contribution in [3.63, 3.8) is 0 Å². The summed E-state index contributed by atoms with van der Waals surface area (Å²) in [6, 6.07) is 10.1. The van der Waals surface area contributed by atoms with E-state index in [1.165, 1.54) is 4.90 Å². The minimum atomic E-state index is -0.873.